The Bertz CT molecular complexity index is 556. The number of carboxylic acids is 1. The Morgan fingerprint density at radius 3 is 2.61 bits per heavy atom. The molecule has 0 fully saturated rings. The van der Waals surface area contributed by atoms with Crippen LogP contribution in [0.1, 0.15) is 20.7 Å². The van der Waals surface area contributed by atoms with E-state index in [0.29, 0.717) is 0 Å². The van der Waals surface area contributed by atoms with Crippen LogP contribution in [-0.4, -0.2) is 51.6 Å². The second-order valence-electron chi connectivity index (χ2n) is 3.07. The van der Waals surface area contributed by atoms with Crippen molar-refractivity contribution < 1.29 is 19.4 Å². The number of carboxylic acid groups (broad SMARTS) is 1. The number of aromatic carboxylic acids is 1. The van der Waals surface area contributed by atoms with Gasteiger partial charge in [0.2, 0.25) is 0 Å². The first-order chi connectivity index (χ1) is 8.16. The van der Waals surface area contributed by atoms with Gasteiger partial charge in [0.1, 0.15) is 0 Å². The van der Waals surface area contributed by atoms with Crippen LogP contribution < -0.4 is 4.74 Å². The van der Waals surface area contributed by atoms with Gasteiger partial charge in [-0.25, -0.2) is 14.6 Å². The van der Waals surface area contributed by atoms with Gasteiger partial charge in [-0.1, -0.05) is 17.4 Å². The van der Waals surface area contributed by atoms with E-state index in [9.17, 15) is 9.59 Å². The molecule has 0 spiro atoms. The Morgan fingerprint density at radius 1 is 1.28 bits per heavy atom. The van der Waals surface area contributed by atoms with Crippen LogP contribution in [0.25, 0.3) is 0 Å². The van der Waals surface area contributed by atoms with Crippen LogP contribution in [0.15, 0.2) is 35.8 Å². The number of nitrogens with zero attached hydrogens (tertiary/aromatic N) is 1. The number of thiazole rings is 1. The van der Waals surface area contributed by atoms with Gasteiger partial charge < -0.3 is 9.84 Å². The molecule has 1 aromatic heterocycles. The van der Waals surface area contributed by atoms with Crippen LogP contribution in [0.4, 0.5) is 0 Å². The number of carbonyl (C=O) groups excluding carboxylic acids is 1. The van der Waals surface area contributed by atoms with E-state index in [1.54, 1.807) is 5.38 Å². The van der Waals surface area contributed by atoms with Crippen LogP contribution in [0.3, 0.4) is 0 Å². The molecule has 1 aromatic carbocycles. The molecule has 1 N–H and O–H groups in total. The van der Waals surface area contributed by atoms with Gasteiger partial charge >= 0.3 is 41.5 Å². The molecule has 0 atom stereocenters. The zero-order chi connectivity index (χ0) is 12.3. The van der Waals surface area contributed by atoms with Gasteiger partial charge in [0.25, 0.3) is 5.19 Å². The minimum absolute atomic E-state index is 0. The molecule has 0 saturated heterocycles. The van der Waals surface area contributed by atoms with Gasteiger partial charge in [0.05, 0.1) is 11.1 Å². The second-order valence-corrected chi connectivity index (χ2v) is 3.93. The first-order valence-corrected chi connectivity index (χ1v) is 5.50. The first-order valence-electron chi connectivity index (χ1n) is 4.62. The molecule has 7 heteroatoms. The average molecular weight is 273 g/mol. The molecule has 0 unspecified atom stereocenters. The van der Waals surface area contributed by atoms with Crippen molar-refractivity contribution in [1.29, 1.82) is 0 Å². The molecule has 0 radical (unpaired) electrons. The number of rotatable bonds is 3. The topological polar surface area (TPSA) is 76.5 Å². The average Bonchev–Trinajstić information content (AvgIpc) is 2.82. The Hall–Kier alpha value is -1.21. The molecule has 0 bridgehead atoms. The molecule has 18 heavy (non-hydrogen) atoms. The fourth-order valence-electron chi connectivity index (χ4n) is 1.18. The van der Waals surface area contributed by atoms with E-state index in [2.05, 4.69) is 4.98 Å². The van der Waals surface area contributed by atoms with Crippen molar-refractivity contribution in [2.75, 3.05) is 0 Å². The zero-order valence-electron chi connectivity index (χ0n) is 8.49. The third-order valence-electron chi connectivity index (χ3n) is 1.93. The summed E-state index contributed by atoms with van der Waals surface area (Å²) in [7, 11) is 0. The summed E-state index contributed by atoms with van der Waals surface area (Å²) < 4.78 is 4.95. The molecule has 0 aliphatic heterocycles. The minimum atomic E-state index is -1.09. The van der Waals surface area contributed by atoms with E-state index in [0.717, 1.165) is 0 Å². The summed E-state index contributed by atoms with van der Waals surface area (Å²) in [5.41, 5.74) is 0.221. The van der Waals surface area contributed by atoms with Crippen molar-refractivity contribution in [2.45, 2.75) is 0 Å². The summed E-state index contributed by atoms with van der Waals surface area (Å²) in [5, 5.41) is 10.7. The molecular formula is C11H8NNaO4S. The molecule has 0 saturated carbocycles. The summed E-state index contributed by atoms with van der Waals surface area (Å²) in [6, 6.07) is 5.64. The Balaban J connectivity index is 0.00000162. The van der Waals surface area contributed by atoms with Gasteiger partial charge in [0.15, 0.2) is 0 Å². The van der Waals surface area contributed by atoms with Gasteiger partial charge in [-0.3, -0.25) is 0 Å². The summed E-state index contributed by atoms with van der Waals surface area (Å²) in [6.45, 7) is 0. The summed E-state index contributed by atoms with van der Waals surface area (Å²) in [5.74, 6) is -1.71. The fraction of sp³-hybridized carbons (Fsp3) is 0. The Morgan fingerprint density at radius 2 is 2.00 bits per heavy atom. The Kier molecular flexibility index (Phi) is 5.49. The van der Waals surface area contributed by atoms with E-state index >= 15 is 0 Å². The van der Waals surface area contributed by atoms with Crippen molar-refractivity contribution in [3.63, 3.8) is 0 Å². The van der Waals surface area contributed by atoms with Crippen molar-refractivity contribution in [3.8, 4) is 5.19 Å². The summed E-state index contributed by atoms with van der Waals surface area (Å²) >= 11 is 1.19. The molecular weight excluding hydrogens is 265 g/mol. The monoisotopic (exact) mass is 273 g/mol. The number of benzene rings is 1. The molecule has 0 amide bonds. The van der Waals surface area contributed by atoms with Crippen molar-refractivity contribution in [2.24, 2.45) is 0 Å². The van der Waals surface area contributed by atoms with Gasteiger partial charge in [-0.05, 0) is 18.2 Å². The maximum absolute atomic E-state index is 11.6. The number of ether oxygens (including phenoxy) is 1. The second kappa shape index (κ2) is 6.65. The predicted molar refractivity (Wildman–Crippen MR) is 67.6 cm³/mol. The summed E-state index contributed by atoms with van der Waals surface area (Å²) in [6.07, 6.45) is 1.51. The number of carbonyl (C=O) groups is 2. The van der Waals surface area contributed by atoms with Crippen LogP contribution in [-0.2, 0) is 0 Å². The van der Waals surface area contributed by atoms with Gasteiger partial charge in [-0.15, -0.1) is 0 Å². The molecule has 88 valence electrons. The number of esters is 1. The first kappa shape index (κ1) is 14.8. The van der Waals surface area contributed by atoms with Crippen LogP contribution in [0.5, 0.6) is 5.19 Å². The molecule has 0 aliphatic carbocycles. The molecule has 2 aromatic rings. The van der Waals surface area contributed by atoms with E-state index in [1.165, 1.54) is 41.8 Å². The van der Waals surface area contributed by atoms with E-state index in [4.69, 9.17) is 9.84 Å². The fourth-order valence-corrected chi connectivity index (χ4v) is 1.66. The standard InChI is InChI=1S/C11H7NO4S.Na.H/c13-9(14)7-2-1-3-8(6-7)10(15)16-11-12-4-5-17-11;;/h1-6H,(H,13,14);;. The van der Waals surface area contributed by atoms with Crippen molar-refractivity contribution in [1.82, 2.24) is 4.98 Å². The van der Waals surface area contributed by atoms with E-state index in [-0.39, 0.29) is 45.9 Å². The number of hydrogen-bond acceptors (Lipinski definition) is 5. The maximum atomic E-state index is 11.6. The van der Waals surface area contributed by atoms with Gasteiger partial charge in [0, 0.05) is 11.6 Å². The van der Waals surface area contributed by atoms with Crippen LogP contribution in [0, 0.1) is 0 Å². The number of aromatic nitrogens is 1. The van der Waals surface area contributed by atoms with E-state index < -0.39 is 11.9 Å². The van der Waals surface area contributed by atoms with E-state index in [1.807, 2.05) is 0 Å². The quantitative estimate of drug-likeness (QED) is 0.676. The predicted octanol–water partition coefficient (Wildman–Crippen LogP) is 1.41. The molecule has 1 heterocycles. The molecule has 5 nitrogen and oxygen atoms in total. The Labute approximate surface area is 129 Å². The summed E-state index contributed by atoms with van der Waals surface area (Å²) in [4.78, 5) is 26.2. The van der Waals surface area contributed by atoms with Gasteiger partial charge in [-0.2, -0.15) is 0 Å². The third-order valence-corrected chi connectivity index (χ3v) is 2.58. The third kappa shape index (κ3) is 3.64. The van der Waals surface area contributed by atoms with Crippen molar-refractivity contribution in [3.05, 3.63) is 47.0 Å². The zero-order valence-corrected chi connectivity index (χ0v) is 9.31. The van der Waals surface area contributed by atoms with Crippen LogP contribution in [0.2, 0.25) is 0 Å². The number of hydrogen-bond donors (Lipinski definition) is 1. The van der Waals surface area contributed by atoms with Crippen LogP contribution >= 0.6 is 11.3 Å². The normalized spacial score (nSPS) is 9.33. The molecule has 0 aliphatic rings. The SMILES string of the molecule is O=C(O)c1cccc(C(=O)Oc2nccs2)c1.[NaH]. The molecule has 2 rings (SSSR count). The van der Waals surface area contributed by atoms with Crippen molar-refractivity contribution >= 4 is 52.8 Å².